The Morgan fingerprint density at radius 2 is 1.71 bits per heavy atom. The molecule has 0 unspecified atom stereocenters. The molecule has 2 aromatic carbocycles. The molecule has 5 nitrogen and oxygen atoms in total. The maximum absolute atomic E-state index is 12.7. The van der Waals surface area contributed by atoms with Crippen LogP contribution in [0.15, 0.2) is 53.6 Å². The number of hydrogen-bond acceptors (Lipinski definition) is 5. The van der Waals surface area contributed by atoms with Crippen molar-refractivity contribution in [1.29, 1.82) is 0 Å². The number of para-hydroxylation sites is 1. The van der Waals surface area contributed by atoms with E-state index in [2.05, 4.69) is 4.98 Å². The van der Waals surface area contributed by atoms with Gasteiger partial charge in [-0.15, -0.1) is 0 Å². The fraction of sp³-hybridized carbons (Fsp3) is 0.167. The van der Waals surface area contributed by atoms with E-state index in [0.717, 1.165) is 10.9 Å². The number of pyridine rings is 1. The molecule has 0 atom stereocenters. The van der Waals surface area contributed by atoms with Crippen LogP contribution in [-0.4, -0.2) is 20.5 Å². The van der Waals surface area contributed by atoms with Gasteiger partial charge < -0.3 is 8.92 Å². The number of aryl methyl sites for hydroxylation is 2. The number of ether oxygens (including phenoxy) is 1. The maximum atomic E-state index is 12.7. The first-order valence-corrected chi connectivity index (χ1v) is 8.76. The van der Waals surface area contributed by atoms with Crippen molar-refractivity contribution in [1.82, 2.24) is 4.98 Å². The fourth-order valence-corrected chi connectivity index (χ4v) is 3.77. The van der Waals surface area contributed by atoms with Gasteiger partial charge in [0.05, 0.1) is 7.11 Å². The summed E-state index contributed by atoms with van der Waals surface area (Å²) < 4.78 is 36.1. The lowest BCUT2D eigenvalue weighted by Gasteiger charge is -2.13. The van der Waals surface area contributed by atoms with E-state index in [1.54, 1.807) is 37.4 Å². The lowest BCUT2D eigenvalue weighted by Crippen LogP contribution is -2.12. The number of rotatable bonds is 4. The first-order valence-electron chi connectivity index (χ1n) is 7.36. The predicted octanol–water partition coefficient (Wildman–Crippen LogP) is 3.63. The fourth-order valence-electron chi connectivity index (χ4n) is 2.61. The molecule has 0 radical (unpaired) electrons. The van der Waals surface area contributed by atoms with Gasteiger partial charge in [-0.1, -0.05) is 24.3 Å². The third-order valence-corrected chi connectivity index (χ3v) is 5.13. The summed E-state index contributed by atoms with van der Waals surface area (Å²) in [6.45, 7) is 3.59. The zero-order valence-electron chi connectivity index (χ0n) is 13.6. The molecule has 0 bridgehead atoms. The Labute approximate surface area is 141 Å². The third kappa shape index (κ3) is 2.92. The molecule has 0 amide bonds. The molecule has 3 rings (SSSR count). The minimum absolute atomic E-state index is 0.0814. The lowest BCUT2D eigenvalue weighted by atomic mass is 10.1. The number of hydrogen-bond donors (Lipinski definition) is 0. The van der Waals surface area contributed by atoms with Crippen LogP contribution in [0.5, 0.6) is 11.5 Å². The molecule has 124 valence electrons. The van der Waals surface area contributed by atoms with Crippen LogP contribution in [0.2, 0.25) is 0 Å². The monoisotopic (exact) mass is 343 g/mol. The molecule has 0 fully saturated rings. The molecule has 24 heavy (non-hydrogen) atoms. The standard InChI is InChI=1S/C18H17NO4S/c1-12-10-13(2)17(11-16(12)22-3)24(20,21)23-15-8-4-6-14-7-5-9-19-18(14)15/h4-11H,1-3H3. The van der Waals surface area contributed by atoms with Crippen LogP contribution in [0.4, 0.5) is 0 Å². The molecule has 0 aliphatic heterocycles. The van der Waals surface area contributed by atoms with E-state index in [-0.39, 0.29) is 10.6 Å². The molecule has 0 N–H and O–H groups in total. The maximum Gasteiger partial charge on any atom is 0.339 e. The first kappa shape index (κ1) is 16.3. The average molecular weight is 343 g/mol. The second-order valence-electron chi connectivity index (χ2n) is 5.46. The lowest BCUT2D eigenvalue weighted by molar-refractivity contribution is 0.409. The Kier molecular flexibility index (Phi) is 4.15. The van der Waals surface area contributed by atoms with Crippen molar-refractivity contribution < 1.29 is 17.3 Å². The van der Waals surface area contributed by atoms with E-state index in [9.17, 15) is 8.42 Å². The minimum Gasteiger partial charge on any atom is -0.496 e. The summed E-state index contributed by atoms with van der Waals surface area (Å²) in [5.41, 5.74) is 1.96. The third-order valence-electron chi connectivity index (χ3n) is 3.76. The molecular formula is C18H17NO4S. The van der Waals surface area contributed by atoms with E-state index >= 15 is 0 Å². The summed E-state index contributed by atoms with van der Waals surface area (Å²) in [6.07, 6.45) is 1.60. The van der Waals surface area contributed by atoms with Gasteiger partial charge >= 0.3 is 10.1 Å². The Balaban J connectivity index is 2.09. The second-order valence-corrected chi connectivity index (χ2v) is 6.97. The number of methoxy groups -OCH3 is 1. The zero-order valence-corrected chi connectivity index (χ0v) is 14.4. The minimum atomic E-state index is -4.00. The summed E-state index contributed by atoms with van der Waals surface area (Å²) in [5, 5.41) is 0.809. The zero-order chi connectivity index (χ0) is 17.3. The van der Waals surface area contributed by atoms with Gasteiger partial charge in [-0.25, -0.2) is 0 Å². The highest BCUT2D eigenvalue weighted by Crippen LogP contribution is 2.30. The van der Waals surface area contributed by atoms with Crippen LogP contribution in [0.25, 0.3) is 10.9 Å². The van der Waals surface area contributed by atoms with Crippen molar-refractivity contribution in [3.8, 4) is 11.5 Å². The van der Waals surface area contributed by atoms with Crippen molar-refractivity contribution in [3.05, 3.63) is 59.8 Å². The summed E-state index contributed by atoms with van der Waals surface area (Å²) in [7, 11) is -2.50. The normalized spacial score (nSPS) is 11.5. The van der Waals surface area contributed by atoms with Crippen LogP contribution in [-0.2, 0) is 10.1 Å². The predicted molar refractivity (Wildman–Crippen MR) is 92.0 cm³/mol. The number of nitrogens with zero attached hydrogens (tertiary/aromatic N) is 1. The van der Waals surface area contributed by atoms with Crippen LogP contribution in [0.1, 0.15) is 11.1 Å². The number of benzene rings is 2. The van der Waals surface area contributed by atoms with E-state index in [1.807, 2.05) is 19.1 Å². The first-order chi connectivity index (χ1) is 11.4. The molecule has 0 aliphatic carbocycles. The molecule has 0 saturated heterocycles. The van der Waals surface area contributed by atoms with Gasteiger partial charge in [-0.05, 0) is 37.1 Å². The summed E-state index contributed by atoms with van der Waals surface area (Å²) in [5.74, 6) is 0.700. The Hall–Kier alpha value is -2.60. The number of fused-ring (bicyclic) bond motifs is 1. The Morgan fingerprint density at radius 3 is 2.46 bits per heavy atom. The van der Waals surface area contributed by atoms with Gasteiger partial charge in [-0.2, -0.15) is 8.42 Å². The second kappa shape index (κ2) is 6.13. The van der Waals surface area contributed by atoms with E-state index in [0.29, 0.717) is 16.8 Å². The van der Waals surface area contributed by atoms with E-state index in [4.69, 9.17) is 8.92 Å². The summed E-state index contributed by atoms with van der Waals surface area (Å²) >= 11 is 0. The smallest absolute Gasteiger partial charge is 0.339 e. The topological polar surface area (TPSA) is 65.5 Å². The van der Waals surface area contributed by atoms with Crippen molar-refractivity contribution in [2.24, 2.45) is 0 Å². The molecular weight excluding hydrogens is 326 g/mol. The highest BCUT2D eigenvalue weighted by Gasteiger charge is 2.22. The summed E-state index contributed by atoms with van der Waals surface area (Å²) in [6, 6.07) is 12.1. The van der Waals surface area contributed by atoms with Crippen molar-refractivity contribution >= 4 is 21.0 Å². The molecule has 1 heterocycles. The van der Waals surface area contributed by atoms with Crippen molar-refractivity contribution in [2.45, 2.75) is 18.7 Å². The van der Waals surface area contributed by atoms with Gasteiger partial charge in [0.25, 0.3) is 0 Å². The summed E-state index contributed by atoms with van der Waals surface area (Å²) in [4.78, 5) is 4.30. The molecule has 3 aromatic rings. The highest BCUT2D eigenvalue weighted by atomic mass is 32.2. The van der Waals surface area contributed by atoms with Gasteiger partial charge in [0, 0.05) is 17.6 Å². The quantitative estimate of drug-likeness (QED) is 0.677. The van der Waals surface area contributed by atoms with Gasteiger partial charge in [0.2, 0.25) is 0 Å². The molecule has 0 spiro atoms. The molecule has 0 saturated carbocycles. The highest BCUT2D eigenvalue weighted by molar-refractivity contribution is 7.87. The van der Waals surface area contributed by atoms with Crippen molar-refractivity contribution in [2.75, 3.05) is 7.11 Å². The van der Waals surface area contributed by atoms with Gasteiger partial charge in [-0.3, -0.25) is 4.98 Å². The average Bonchev–Trinajstić information content (AvgIpc) is 2.55. The van der Waals surface area contributed by atoms with Crippen molar-refractivity contribution in [3.63, 3.8) is 0 Å². The number of aromatic nitrogens is 1. The molecule has 1 aromatic heterocycles. The Morgan fingerprint density at radius 1 is 0.958 bits per heavy atom. The van der Waals surface area contributed by atoms with E-state index < -0.39 is 10.1 Å². The van der Waals surface area contributed by atoms with Crippen LogP contribution in [0.3, 0.4) is 0 Å². The Bertz CT molecular complexity index is 1010. The largest absolute Gasteiger partial charge is 0.496 e. The molecule has 6 heteroatoms. The van der Waals surface area contributed by atoms with Gasteiger partial charge in [0.15, 0.2) is 5.75 Å². The van der Waals surface area contributed by atoms with Gasteiger partial charge in [0.1, 0.15) is 16.2 Å². The van der Waals surface area contributed by atoms with Crippen LogP contribution >= 0.6 is 0 Å². The molecule has 0 aliphatic rings. The SMILES string of the molecule is COc1cc(S(=O)(=O)Oc2cccc3cccnc23)c(C)cc1C. The van der Waals surface area contributed by atoms with Crippen LogP contribution in [0, 0.1) is 13.8 Å². The van der Waals surface area contributed by atoms with Crippen LogP contribution < -0.4 is 8.92 Å². The van der Waals surface area contributed by atoms with E-state index in [1.165, 1.54) is 13.2 Å².